The van der Waals surface area contributed by atoms with Gasteiger partial charge in [0.2, 0.25) is 0 Å². The van der Waals surface area contributed by atoms with E-state index in [9.17, 15) is 4.79 Å². The lowest BCUT2D eigenvalue weighted by molar-refractivity contribution is -0.135. The maximum Gasteiger partial charge on any atom is 0.323 e. The molecule has 0 aliphatic rings. The van der Waals surface area contributed by atoms with Crippen molar-refractivity contribution in [1.82, 2.24) is 4.98 Å². The molecule has 0 fully saturated rings. The highest BCUT2D eigenvalue weighted by Gasteiger charge is 2.14. The summed E-state index contributed by atoms with van der Waals surface area (Å²) in [6.07, 6.45) is 1.68. The number of hydrogen-bond acceptors (Lipinski definition) is 4. The molecule has 1 aromatic heterocycles. The number of anilines is 2. The Morgan fingerprint density at radius 3 is 2.65 bits per heavy atom. The van der Waals surface area contributed by atoms with Crippen molar-refractivity contribution in [2.24, 2.45) is 0 Å². The quantitative estimate of drug-likeness (QED) is 0.820. The topological polar surface area (TPSA) is 79.5 Å². The van der Waals surface area contributed by atoms with E-state index >= 15 is 0 Å². The first kappa shape index (κ1) is 14.3. The number of aliphatic carboxylic acids is 1. The Bertz CT molecular complexity index is 602. The van der Waals surface area contributed by atoms with Crippen molar-refractivity contribution in [2.45, 2.75) is 6.54 Å². The zero-order chi connectivity index (χ0) is 14.5. The number of pyridine rings is 1. The Balaban J connectivity index is 2.26. The van der Waals surface area contributed by atoms with Gasteiger partial charge in [0.25, 0.3) is 0 Å². The summed E-state index contributed by atoms with van der Waals surface area (Å²) < 4.78 is 0.880. The molecule has 1 aromatic carbocycles. The van der Waals surface area contributed by atoms with Gasteiger partial charge in [0.1, 0.15) is 6.54 Å². The molecule has 0 aliphatic carbocycles. The van der Waals surface area contributed by atoms with E-state index < -0.39 is 5.97 Å². The van der Waals surface area contributed by atoms with Crippen LogP contribution in [0.2, 0.25) is 0 Å². The number of carboxylic acid groups (broad SMARTS) is 1. The smallest absolute Gasteiger partial charge is 0.323 e. The fourth-order valence-electron chi connectivity index (χ4n) is 1.86. The van der Waals surface area contributed by atoms with Crippen LogP contribution in [0.15, 0.2) is 47.1 Å². The summed E-state index contributed by atoms with van der Waals surface area (Å²) in [5.74, 6) is -0.912. The molecule has 20 heavy (non-hydrogen) atoms. The molecule has 6 heteroatoms. The van der Waals surface area contributed by atoms with Gasteiger partial charge in [-0.3, -0.25) is 9.78 Å². The zero-order valence-corrected chi connectivity index (χ0v) is 12.2. The lowest BCUT2D eigenvalue weighted by atomic mass is 10.2. The first-order chi connectivity index (χ1) is 9.56. The van der Waals surface area contributed by atoms with Crippen LogP contribution in [0.3, 0.4) is 0 Å². The summed E-state index contributed by atoms with van der Waals surface area (Å²) in [4.78, 5) is 17.0. The summed E-state index contributed by atoms with van der Waals surface area (Å²) in [6.45, 7) is 0.250. The minimum atomic E-state index is -0.912. The van der Waals surface area contributed by atoms with Crippen LogP contribution in [0.4, 0.5) is 11.4 Å². The summed E-state index contributed by atoms with van der Waals surface area (Å²) >= 11 is 3.32. The largest absolute Gasteiger partial charge is 0.480 e. The van der Waals surface area contributed by atoms with Gasteiger partial charge in [0.15, 0.2) is 0 Å². The van der Waals surface area contributed by atoms with Gasteiger partial charge in [0.05, 0.1) is 23.6 Å². The second-order valence-corrected chi connectivity index (χ2v) is 5.19. The molecule has 0 spiro atoms. The highest BCUT2D eigenvalue weighted by molar-refractivity contribution is 9.10. The molecule has 0 amide bonds. The molecule has 2 rings (SSSR count). The fourth-order valence-corrected chi connectivity index (χ4v) is 2.10. The Hall–Kier alpha value is -2.08. The third-order valence-corrected chi connectivity index (χ3v) is 3.21. The molecule has 3 N–H and O–H groups in total. The van der Waals surface area contributed by atoms with Crippen LogP contribution in [-0.2, 0) is 11.3 Å². The molecular formula is C14H14BrN3O2. The highest BCUT2D eigenvalue weighted by atomic mass is 79.9. The van der Waals surface area contributed by atoms with Gasteiger partial charge >= 0.3 is 5.97 Å². The first-order valence-electron chi connectivity index (χ1n) is 5.98. The number of para-hydroxylation sites is 2. The number of nitrogen functional groups attached to an aromatic ring is 1. The summed E-state index contributed by atoms with van der Waals surface area (Å²) in [6, 6.07) is 10.9. The summed E-state index contributed by atoms with van der Waals surface area (Å²) in [5, 5.41) is 9.05. The molecule has 1 heterocycles. The van der Waals surface area contributed by atoms with Crippen LogP contribution in [-0.4, -0.2) is 22.6 Å². The number of hydrogen-bond donors (Lipinski definition) is 2. The summed E-state index contributed by atoms with van der Waals surface area (Å²) in [7, 11) is 0. The third kappa shape index (κ3) is 3.71. The SMILES string of the molecule is Nc1ccccc1N(CC(=O)O)Cc1ccc(Br)cn1. The Kier molecular flexibility index (Phi) is 4.57. The average molecular weight is 336 g/mol. The zero-order valence-electron chi connectivity index (χ0n) is 10.7. The lowest BCUT2D eigenvalue weighted by Crippen LogP contribution is -2.30. The highest BCUT2D eigenvalue weighted by Crippen LogP contribution is 2.24. The summed E-state index contributed by atoms with van der Waals surface area (Å²) in [5.41, 5.74) is 7.93. The van der Waals surface area contributed by atoms with E-state index in [4.69, 9.17) is 10.8 Å². The van der Waals surface area contributed by atoms with Crippen molar-refractivity contribution >= 4 is 33.3 Å². The maximum atomic E-state index is 11.0. The number of nitrogens with zero attached hydrogens (tertiary/aromatic N) is 2. The van der Waals surface area contributed by atoms with E-state index in [-0.39, 0.29) is 6.54 Å². The van der Waals surface area contributed by atoms with Crippen LogP contribution in [0, 0.1) is 0 Å². The second-order valence-electron chi connectivity index (χ2n) is 4.28. The number of aromatic nitrogens is 1. The van der Waals surface area contributed by atoms with Gasteiger partial charge in [0, 0.05) is 10.7 Å². The minimum absolute atomic E-state index is 0.133. The molecule has 5 nitrogen and oxygen atoms in total. The molecule has 0 aliphatic heterocycles. The van der Waals surface area contributed by atoms with Crippen molar-refractivity contribution in [3.63, 3.8) is 0 Å². The van der Waals surface area contributed by atoms with E-state index in [2.05, 4.69) is 20.9 Å². The van der Waals surface area contributed by atoms with Gasteiger partial charge in [-0.15, -0.1) is 0 Å². The van der Waals surface area contributed by atoms with Crippen LogP contribution in [0.5, 0.6) is 0 Å². The van der Waals surface area contributed by atoms with E-state index in [1.165, 1.54) is 0 Å². The van der Waals surface area contributed by atoms with Crippen molar-refractivity contribution in [2.75, 3.05) is 17.2 Å². The minimum Gasteiger partial charge on any atom is -0.480 e. The van der Waals surface area contributed by atoms with Gasteiger partial charge in [-0.2, -0.15) is 0 Å². The van der Waals surface area contributed by atoms with E-state index in [1.807, 2.05) is 24.3 Å². The van der Waals surface area contributed by atoms with E-state index in [1.54, 1.807) is 23.2 Å². The van der Waals surface area contributed by atoms with Crippen LogP contribution < -0.4 is 10.6 Å². The number of rotatable bonds is 5. The second kappa shape index (κ2) is 6.38. The van der Waals surface area contributed by atoms with E-state index in [0.29, 0.717) is 17.9 Å². The number of nitrogens with two attached hydrogens (primary N) is 1. The first-order valence-corrected chi connectivity index (χ1v) is 6.77. The Morgan fingerprint density at radius 2 is 2.05 bits per heavy atom. The lowest BCUT2D eigenvalue weighted by Gasteiger charge is -2.23. The molecule has 104 valence electrons. The van der Waals surface area contributed by atoms with Crippen molar-refractivity contribution in [3.05, 3.63) is 52.8 Å². The van der Waals surface area contributed by atoms with Crippen LogP contribution in [0.25, 0.3) is 0 Å². The molecule has 2 aromatic rings. The van der Waals surface area contributed by atoms with Crippen molar-refractivity contribution in [1.29, 1.82) is 0 Å². The fraction of sp³-hybridized carbons (Fsp3) is 0.143. The molecule has 0 saturated carbocycles. The number of benzene rings is 1. The molecule has 0 bridgehead atoms. The Labute approximate surface area is 125 Å². The average Bonchev–Trinajstić information content (AvgIpc) is 2.41. The van der Waals surface area contributed by atoms with E-state index in [0.717, 1.165) is 10.2 Å². The monoisotopic (exact) mass is 335 g/mol. The normalized spacial score (nSPS) is 10.2. The number of halogens is 1. The molecule has 0 unspecified atom stereocenters. The standard InChI is InChI=1S/C14H14BrN3O2/c15-10-5-6-11(17-7-10)8-18(9-14(19)20)13-4-2-1-3-12(13)16/h1-7H,8-9,16H2,(H,19,20). The number of carbonyl (C=O) groups is 1. The molecule has 0 saturated heterocycles. The molecular weight excluding hydrogens is 322 g/mol. The van der Waals surface area contributed by atoms with Crippen LogP contribution >= 0.6 is 15.9 Å². The maximum absolute atomic E-state index is 11.0. The van der Waals surface area contributed by atoms with Gasteiger partial charge < -0.3 is 15.7 Å². The predicted molar refractivity (Wildman–Crippen MR) is 81.5 cm³/mol. The Morgan fingerprint density at radius 1 is 1.30 bits per heavy atom. The van der Waals surface area contributed by atoms with Crippen molar-refractivity contribution < 1.29 is 9.90 Å². The van der Waals surface area contributed by atoms with Gasteiger partial charge in [-0.05, 0) is 40.2 Å². The van der Waals surface area contributed by atoms with Gasteiger partial charge in [-0.25, -0.2) is 0 Å². The third-order valence-electron chi connectivity index (χ3n) is 2.75. The molecule has 0 atom stereocenters. The van der Waals surface area contributed by atoms with Gasteiger partial charge in [-0.1, -0.05) is 12.1 Å². The van der Waals surface area contributed by atoms with Crippen molar-refractivity contribution in [3.8, 4) is 0 Å². The molecule has 0 radical (unpaired) electrons. The predicted octanol–water partition coefficient (Wildman–Crippen LogP) is 2.52. The number of carboxylic acids is 1. The van der Waals surface area contributed by atoms with Crippen LogP contribution in [0.1, 0.15) is 5.69 Å².